The fourth-order valence-corrected chi connectivity index (χ4v) is 3.46. The monoisotopic (exact) mass is 279 g/mol. The number of likely N-dealkylation sites (N-methyl/N-ethyl adjacent to an activating group) is 1. The van der Waals surface area contributed by atoms with Crippen LogP contribution in [-0.2, 0) is 0 Å². The molecule has 1 saturated carbocycles. The molecular formula is C20H25N. The molecule has 2 aromatic rings. The minimum absolute atomic E-state index is 0.634. The van der Waals surface area contributed by atoms with E-state index in [1.54, 1.807) is 0 Å². The summed E-state index contributed by atoms with van der Waals surface area (Å²) in [6.07, 6.45) is 1.33. The normalized spacial score (nSPS) is 22.0. The van der Waals surface area contributed by atoms with Crippen LogP contribution in [-0.4, -0.2) is 13.1 Å². The first-order valence-corrected chi connectivity index (χ1v) is 8.12. The molecule has 1 aliphatic rings. The third kappa shape index (κ3) is 3.36. The van der Waals surface area contributed by atoms with Crippen molar-refractivity contribution in [3.8, 4) is 0 Å². The smallest absolute Gasteiger partial charge is 0.00229 e. The summed E-state index contributed by atoms with van der Waals surface area (Å²) in [5, 5.41) is 3.56. The quantitative estimate of drug-likeness (QED) is 0.821. The molecule has 21 heavy (non-hydrogen) atoms. The van der Waals surface area contributed by atoms with Gasteiger partial charge in [-0.2, -0.15) is 0 Å². The zero-order valence-corrected chi connectivity index (χ0v) is 13.0. The second-order valence-corrected chi connectivity index (χ2v) is 6.25. The lowest BCUT2D eigenvalue weighted by atomic mass is 9.90. The van der Waals surface area contributed by atoms with Crippen molar-refractivity contribution in [1.82, 2.24) is 5.32 Å². The van der Waals surface area contributed by atoms with Gasteiger partial charge in [0.05, 0.1) is 0 Å². The van der Waals surface area contributed by atoms with E-state index < -0.39 is 0 Å². The summed E-state index contributed by atoms with van der Waals surface area (Å²) in [6, 6.07) is 20.1. The van der Waals surface area contributed by atoms with Gasteiger partial charge in [-0.05, 0) is 48.8 Å². The average molecular weight is 279 g/mol. The van der Waals surface area contributed by atoms with Crippen LogP contribution in [0.25, 0.3) is 0 Å². The minimum Gasteiger partial charge on any atom is -0.316 e. The van der Waals surface area contributed by atoms with Gasteiger partial charge in [-0.25, -0.2) is 0 Å². The first-order valence-electron chi connectivity index (χ1n) is 8.12. The van der Waals surface area contributed by atoms with E-state index in [9.17, 15) is 0 Å². The Morgan fingerprint density at radius 3 is 2.62 bits per heavy atom. The van der Waals surface area contributed by atoms with Crippen molar-refractivity contribution in [1.29, 1.82) is 0 Å². The summed E-state index contributed by atoms with van der Waals surface area (Å²) in [6.45, 7) is 6.52. The highest BCUT2D eigenvalue weighted by Gasteiger charge is 2.43. The fraction of sp³-hybridized carbons (Fsp3) is 0.400. The lowest BCUT2D eigenvalue weighted by molar-refractivity contribution is 0.536. The molecule has 2 aromatic carbocycles. The highest BCUT2D eigenvalue weighted by atomic mass is 14.9. The number of aryl methyl sites for hydroxylation is 1. The first kappa shape index (κ1) is 14.3. The van der Waals surface area contributed by atoms with E-state index in [2.05, 4.69) is 73.8 Å². The lowest BCUT2D eigenvalue weighted by Gasteiger charge is -2.19. The highest BCUT2D eigenvalue weighted by Crippen LogP contribution is 2.54. The Labute approximate surface area is 128 Å². The predicted octanol–water partition coefficient (Wildman–Crippen LogP) is 4.49. The molecule has 0 heterocycles. The van der Waals surface area contributed by atoms with E-state index in [-0.39, 0.29) is 0 Å². The Balaban J connectivity index is 1.78. The Kier molecular flexibility index (Phi) is 4.40. The van der Waals surface area contributed by atoms with Crippen molar-refractivity contribution in [2.24, 2.45) is 5.92 Å². The molecule has 0 bridgehead atoms. The molecule has 1 N–H and O–H groups in total. The molecule has 3 atom stereocenters. The van der Waals surface area contributed by atoms with Gasteiger partial charge in [0.1, 0.15) is 0 Å². The summed E-state index contributed by atoms with van der Waals surface area (Å²) >= 11 is 0. The maximum Gasteiger partial charge on any atom is 0.00229 e. The number of rotatable bonds is 6. The fourth-order valence-electron chi connectivity index (χ4n) is 3.46. The Bertz CT molecular complexity index is 575. The molecule has 0 aromatic heterocycles. The number of benzene rings is 2. The van der Waals surface area contributed by atoms with Crippen LogP contribution in [0.2, 0.25) is 0 Å². The van der Waals surface area contributed by atoms with Crippen molar-refractivity contribution in [3.63, 3.8) is 0 Å². The maximum atomic E-state index is 3.56. The van der Waals surface area contributed by atoms with E-state index in [0.29, 0.717) is 5.92 Å². The summed E-state index contributed by atoms with van der Waals surface area (Å²) in [5.41, 5.74) is 4.38. The van der Waals surface area contributed by atoms with Crippen molar-refractivity contribution >= 4 is 0 Å². The summed E-state index contributed by atoms with van der Waals surface area (Å²) < 4.78 is 0. The average Bonchev–Trinajstić information content (AvgIpc) is 3.29. The third-order valence-corrected chi connectivity index (χ3v) is 4.67. The molecule has 0 aliphatic heterocycles. The highest BCUT2D eigenvalue weighted by molar-refractivity contribution is 5.33. The van der Waals surface area contributed by atoms with Crippen molar-refractivity contribution in [3.05, 3.63) is 71.3 Å². The van der Waals surface area contributed by atoms with Crippen LogP contribution >= 0.6 is 0 Å². The van der Waals surface area contributed by atoms with Crippen LogP contribution in [0.1, 0.15) is 41.9 Å². The minimum atomic E-state index is 0.634. The number of nitrogens with one attached hydrogen (secondary N) is 1. The van der Waals surface area contributed by atoms with Gasteiger partial charge in [0.15, 0.2) is 0 Å². The third-order valence-electron chi connectivity index (χ3n) is 4.67. The van der Waals surface area contributed by atoms with Gasteiger partial charge < -0.3 is 5.32 Å². The molecule has 110 valence electrons. The molecule has 1 heteroatoms. The molecule has 3 unspecified atom stereocenters. The van der Waals surface area contributed by atoms with Gasteiger partial charge in [-0.15, -0.1) is 0 Å². The van der Waals surface area contributed by atoms with Gasteiger partial charge in [0.25, 0.3) is 0 Å². The summed E-state index contributed by atoms with van der Waals surface area (Å²) in [5.74, 6) is 2.17. The van der Waals surface area contributed by atoms with Crippen LogP contribution in [0.4, 0.5) is 0 Å². The Morgan fingerprint density at radius 2 is 1.90 bits per heavy atom. The first-order chi connectivity index (χ1) is 10.3. The number of hydrogen-bond donors (Lipinski definition) is 1. The van der Waals surface area contributed by atoms with Crippen molar-refractivity contribution in [2.75, 3.05) is 13.1 Å². The molecule has 1 nitrogen and oxygen atoms in total. The molecule has 3 rings (SSSR count). The Hall–Kier alpha value is -1.60. The topological polar surface area (TPSA) is 12.0 Å². The second kappa shape index (κ2) is 6.44. The summed E-state index contributed by atoms with van der Waals surface area (Å²) in [7, 11) is 0. The molecule has 0 amide bonds. The standard InChI is InChI=1S/C20H25N/c1-3-21-14-20(17-11-7-8-15(2)12-17)19-13-18(19)16-9-5-4-6-10-16/h4-12,18-21H,3,13-14H2,1-2H3. The maximum absolute atomic E-state index is 3.56. The molecule has 0 radical (unpaired) electrons. The van der Waals surface area contributed by atoms with Crippen LogP contribution in [0.15, 0.2) is 54.6 Å². The van der Waals surface area contributed by atoms with E-state index >= 15 is 0 Å². The zero-order valence-electron chi connectivity index (χ0n) is 13.0. The molecule has 0 saturated heterocycles. The van der Waals surface area contributed by atoms with Gasteiger partial charge in [0, 0.05) is 6.54 Å². The molecule has 1 fully saturated rings. The van der Waals surface area contributed by atoms with E-state index in [1.807, 2.05) is 0 Å². The largest absolute Gasteiger partial charge is 0.316 e. The molecule has 1 aliphatic carbocycles. The molecule has 0 spiro atoms. The van der Waals surface area contributed by atoms with Crippen LogP contribution in [0.5, 0.6) is 0 Å². The number of hydrogen-bond acceptors (Lipinski definition) is 1. The lowest BCUT2D eigenvalue weighted by Crippen LogP contribution is -2.23. The van der Waals surface area contributed by atoms with Crippen LogP contribution < -0.4 is 5.32 Å². The Morgan fingerprint density at radius 1 is 1.10 bits per heavy atom. The van der Waals surface area contributed by atoms with Gasteiger partial charge in [0.2, 0.25) is 0 Å². The van der Waals surface area contributed by atoms with Gasteiger partial charge >= 0.3 is 0 Å². The second-order valence-electron chi connectivity index (χ2n) is 6.25. The summed E-state index contributed by atoms with van der Waals surface area (Å²) in [4.78, 5) is 0. The van der Waals surface area contributed by atoms with E-state index in [0.717, 1.165) is 24.9 Å². The van der Waals surface area contributed by atoms with Crippen molar-refractivity contribution in [2.45, 2.75) is 32.1 Å². The van der Waals surface area contributed by atoms with Gasteiger partial charge in [-0.1, -0.05) is 67.1 Å². The van der Waals surface area contributed by atoms with E-state index in [4.69, 9.17) is 0 Å². The van der Waals surface area contributed by atoms with Crippen LogP contribution in [0.3, 0.4) is 0 Å². The molecular weight excluding hydrogens is 254 g/mol. The van der Waals surface area contributed by atoms with Gasteiger partial charge in [-0.3, -0.25) is 0 Å². The van der Waals surface area contributed by atoms with Crippen molar-refractivity contribution < 1.29 is 0 Å². The van der Waals surface area contributed by atoms with E-state index in [1.165, 1.54) is 23.1 Å². The predicted molar refractivity (Wildman–Crippen MR) is 89.8 cm³/mol. The van der Waals surface area contributed by atoms with Crippen LogP contribution in [0, 0.1) is 12.8 Å². The zero-order chi connectivity index (χ0) is 14.7. The SMILES string of the molecule is CCNCC(c1cccc(C)c1)C1CC1c1ccccc1.